The summed E-state index contributed by atoms with van der Waals surface area (Å²) < 4.78 is 5.14. The number of nitrogens with zero attached hydrogens (tertiary/aromatic N) is 2. The first-order valence-corrected chi connectivity index (χ1v) is 8.59. The van der Waals surface area contributed by atoms with Gasteiger partial charge in [0, 0.05) is 26.2 Å². The molecule has 0 radical (unpaired) electrons. The van der Waals surface area contributed by atoms with Gasteiger partial charge < -0.3 is 19.5 Å². The van der Waals surface area contributed by atoms with Gasteiger partial charge in [0.1, 0.15) is 0 Å². The highest BCUT2D eigenvalue weighted by Gasteiger charge is 2.25. The monoisotopic (exact) mass is 341 g/mol. The average molecular weight is 341 g/mol. The second-order valence-corrected chi connectivity index (χ2v) is 6.06. The molecule has 2 amide bonds. The third-order valence-electron chi connectivity index (χ3n) is 4.36. The number of furan rings is 1. The lowest BCUT2D eigenvalue weighted by atomic mass is 10.1. The van der Waals surface area contributed by atoms with Gasteiger partial charge in [0.05, 0.1) is 12.8 Å². The predicted octanol–water partition coefficient (Wildman–Crippen LogP) is 1.40. The second kappa shape index (κ2) is 8.48. The Morgan fingerprint density at radius 1 is 0.960 bits per heavy atom. The van der Waals surface area contributed by atoms with Crippen molar-refractivity contribution in [3.63, 3.8) is 0 Å². The Labute approximate surface area is 147 Å². The summed E-state index contributed by atoms with van der Waals surface area (Å²) in [5.41, 5.74) is 1.26. The number of piperazine rings is 1. The highest BCUT2D eigenvalue weighted by molar-refractivity contribution is 5.91. The molecule has 1 aliphatic heterocycles. The number of carbonyl (C=O) groups is 2. The van der Waals surface area contributed by atoms with Crippen LogP contribution in [0.1, 0.15) is 16.1 Å². The van der Waals surface area contributed by atoms with Crippen LogP contribution in [0.4, 0.5) is 0 Å². The highest BCUT2D eigenvalue weighted by atomic mass is 16.3. The van der Waals surface area contributed by atoms with Gasteiger partial charge in [-0.2, -0.15) is 0 Å². The van der Waals surface area contributed by atoms with E-state index in [0.717, 1.165) is 13.0 Å². The Morgan fingerprint density at radius 2 is 1.68 bits per heavy atom. The number of amides is 2. The number of rotatable bonds is 6. The van der Waals surface area contributed by atoms with Crippen molar-refractivity contribution in [2.75, 3.05) is 39.3 Å². The summed E-state index contributed by atoms with van der Waals surface area (Å²) in [7, 11) is 0. The summed E-state index contributed by atoms with van der Waals surface area (Å²) in [6, 6.07) is 13.6. The Balaban J connectivity index is 1.36. The van der Waals surface area contributed by atoms with Crippen LogP contribution in [0, 0.1) is 0 Å². The minimum atomic E-state index is -0.113. The molecule has 6 heteroatoms. The Morgan fingerprint density at radius 3 is 2.36 bits per heavy atom. The van der Waals surface area contributed by atoms with Gasteiger partial charge in [0.2, 0.25) is 5.91 Å². The summed E-state index contributed by atoms with van der Waals surface area (Å²) in [5.74, 6) is 0.318. The van der Waals surface area contributed by atoms with Crippen LogP contribution >= 0.6 is 0 Å². The maximum atomic E-state index is 12.3. The zero-order chi connectivity index (χ0) is 17.5. The van der Waals surface area contributed by atoms with Crippen LogP contribution in [0.5, 0.6) is 0 Å². The van der Waals surface area contributed by atoms with Gasteiger partial charge in [-0.25, -0.2) is 0 Å². The molecule has 0 aliphatic carbocycles. The molecule has 25 heavy (non-hydrogen) atoms. The van der Waals surface area contributed by atoms with E-state index >= 15 is 0 Å². The van der Waals surface area contributed by atoms with Crippen molar-refractivity contribution in [3.05, 3.63) is 60.1 Å². The van der Waals surface area contributed by atoms with Crippen LogP contribution in [0.2, 0.25) is 0 Å². The van der Waals surface area contributed by atoms with Gasteiger partial charge >= 0.3 is 0 Å². The van der Waals surface area contributed by atoms with Gasteiger partial charge in [-0.15, -0.1) is 0 Å². The molecule has 132 valence electrons. The first kappa shape index (κ1) is 17.2. The van der Waals surface area contributed by atoms with Gasteiger partial charge in [-0.05, 0) is 30.7 Å². The van der Waals surface area contributed by atoms with E-state index in [4.69, 9.17) is 4.42 Å². The molecule has 0 saturated carbocycles. The number of carbonyl (C=O) groups excluding carboxylic acids is 2. The summed E-state index contributed by atoms with van der Waals surface area (Å²) in [6.45, 7) is 3.30. The molecule has 0 bridgehead atoms. The fourth-order valence-electron chi connectivity index (χ4n) is 2.90. The molecule has 2 aromatic rings. The van der Waals surface area contributed by atoms with Crippen molar-refractivity contribution in [1.82, 2.24) is 15.1 Å². The van der Waals surface area contributed by atoms with E-state index < -0.39 is 0 Å². The first-order chi connectivity index (χ1) is 12.2. The van der Waals surface area contributed by atoms with Crippen molar-refractivity contribution in [1.29, 1.82) is 0 Å². The number of hydrogen-bond acceptors (Lipinski definition) is 4. The van der Waals surface area contributed by atoms with E-state index in [-0.39, 0.29) is 11.8 Å². The average Bonchev–Trinajstić information content (AvgIpc) is 3.20. The van der Waals surface area contributed by atoms with Gasteiger partial charge in [-0.1, -0.05) is 30.3 Å². The van der Waals surface area contributed by atoms with Crippen molar-refractivity contribution in [2.45, 2.75) is 6.42 Å². The SMILES string of the molecule is O=C(CNCCc1ccccc1)N1CCN(C(=O)c2ccco2)CC1. The van der Waals surface area contributed by atoms with Crippen molar-refractivity contribution < 1.29 is 14.0 Å². The van der Waals surface area contributed by atoms with Crippen molar-refractivity contribution in [2.24, 2.45) is 0 Å². The zero-order valence-corrected chi connectivity index (χ0v) is 14.2. The molecule has 1 fully saturated rings. The van der Waals surface area contributed by atoms with Crippen molar-refractivity contribution >= 4 is 11.8 Å². The first-order valence-electron chi connectivity index (χ1n) is 8.59. The quantitative estimate of drug-likeness (QED) is 0.807. The molecular formula is C19H23N3O3. The minimum Gasteiger partial charge on any atom is -0.459 e. The highest BCUT2D eigenvalue weighted by Crippen LogP contribution is 2.09. The summed E-state index contributed by atoms with van der Waals surface area (Å²) in [6.07, 6.45) is 2.40. The predicted molar refractivity (Wildman–Crippen MR) is 94.2 cm³/mol. The van der Waals surface area contributed by atoms with Crippen LogP contribution in [0.3, 0.4) is 0 Å². The van der Waals surface area contributed by atoms with Gasteiger partial charge in [0.15, 0.2) is 5.76 Å². The van der Waals surface area contributed by atoms with E-state index in [1.165, 1.54) is 11.8 Å². The molecule has 0 unspecified atom stereocenters. The summed E-state index contributed by atoms with van der Waals surface area (Å²) >= 11 is 0. The summed E-state index contributed by atoms with van der Waals surface area (Å²) in [5, 5.41) is 3.20. The Bertz CT molecular complexity index is 677. The van der Waals surface area contributed by atoms with E-state index in [0.29, 0.717) is 38.5 Å². The molecule has 3 rings (SSSR count). The Hall–Kier alpha value is -2.60. The van der Waals surface area contributed by atoms with Crippen molar-refractivity contribution in [3.8, 4) is 0 Å². The maximum Gasteiger partial charge on any atom is 0.289 e. The molecule has 6 nitrogen and oxygen atoms in total. The molecule has 1 saturated heterocycles. The van der Waals surface area contributed by atoms with Gasteiger partial charge in [0.25, 0.3) is 5.91 Å². The van der Waals surface area contributed by atoms with E-state index in [1.807, 2.05) is 18.2 Å². The molecule has 1 N–H and O–H groups in total. The maximum absolute atomic E-state index is 12.3. The molecule has 1 aromatic carbocycles. The lowest BCUT2D eigenvalue weighted by Gasteiger charge is -2.34. The van der Waals surface area contributed by atoms with Crippen LogP contribution in [-0.2, 0) is 11.2 Å². The number of nitrogens with one attached hydrogen (secondary N) is 1. The molecule has 0 spiro atoms. The Kier molecular flexibility index (Phi) is 5.85. The number of hydrogen-bond donors (Lipinski definition) is 1. The third-order valence-corrected chi connectivity index (χ3v) is 4.36. The fraction of sp³-hybridized carbons (Fsp3) is 0.368. The molecule has 1 aromatic heterocycles. The van der Waals surface area contributed by atoms with E-state index in [1.54, 1.807) is 21.9 Å². The zero-order valence-electron chi connectivity index (χ0n) is 14.2. The topological polar surface area (TPSA) is 65.8 Å². The minimum absolute atomic E-state index is 0.0816. The lowest BCUT2D eigenvalue weighted by Crippen LogP contribution is -2.52. The molecular weight excluding hydrogens is 318 g/mol. The third kappa shape index (κ3) is 4.70. The van der Waals surface area contributed by atoms with Crippen LogP contribution in [-0.4, -0.2) is 60.9 Å². The molecule has 1 aliphatic rings. The van der Waals surface area contributed by atoms with E-state index in [9.17, 15) is 9.59 Å². The van der Waals surface area contributed by atoms with Crippen LogP contribution in [0.25, 0.3) is 0 Å². The lowest BCUT2D eigenvalue weighted by molar-refractivity contribution is -0.131. The molecule has 2 heterocycles. The second-order valence-electron chi connectivity index (χ2n) is 6.06. The smallest absolute Gasteiger partial charge is 0.289 e. The normalized spacial score (nSPS) is 14.6. The largest absolute Gasteiger partial charge is 0.459 e. The standard InChI is InChI=1S/C19H23N3O3/c23-18(15-20-9-8-16-5-2-1-3-6-16)21-10-12-22(13-11-21)19(24)17-7-4-14-25-17/h1-7,14,20H,8-13,15H2. The van der Waals surface area contributed by atoms with Crippen LogP contribution in [0.15, 0.2) is 53.1 Å². The van der Waals surface area contributed by atoms with Crippen LogP contribution < -0.4 is 5.32 Å². The van der Waals surface area contributed by atoms with Gasteiger partial charge in [-0.3, -0.25) is 9.59 Å². The molecule has 0 atom stereocenters. The van der Waals surface area contributed by atoms with E-state index in [2.05, 4.69) is 17.4 Å². The fourth-order valence-corrected chi connectivity index (χ4v) is 2.90. The summed E-state index contributed by atoms with van der Waals surface area (Å²) in [4.78, 5) is 28.0. The number of benzene rings is 1.